The molecule has 2 rings (SSSR count). The number of nitrogens with one attached hydrogen (secondary N) is 1. The maximum absolute atomic E-state index is 3.53. The van der Waals surface area contributed by atoms with Gasteiger partial charge in [0.05, 0.1) is 0 Å². The number of hydrogen-bond acceptors (Lipinski definition) is 1. The SMILES string of the molecule is CCC(NC)C1(c2ccccc2)CCCC1. The summed E-state index contributed by atoms with van der Waals surface area (Å²) in [5.41, 5.74) is 1.93. The van der Waals surface area contributed by atoms with E-state index in [4.69, 9.17) is 0 Å². The first kappa shape index (κ1) is 11.7. The van der Waals surface area contributed by atoms with Crippen LogP contribution in [0, 0.1) is 0 Å². The minimum atomic E-state index is 0.394. The first-order valence-corrected chi connectivity index (χ1v) is 6.56. The van der Waals surface area contributed by atoms with Gasteiger partial charge in [-0.1, -0.05) is 50.1 Å². The molecule has 0 heterocycles. The van der Waals surface area contributed by atoms with Crippen LogP contribution in [0.3, 0.4) is 0 Å². The molecule has 1 aliphatic rings. The van der Waals surface area contributed by atoms with E-state index in [0.29, 0.717) is 11.5 Å². The highest BCUT2D eigenvalue weighted by atomic mass is 14.9. The summed E-state index contributed by atoms with van der Waals surface area (Å²) in [5, 5.41) is 3.53. The molecule has 1 aromatic carbocycles. The number of benzene rings is 1. The van der Waals surface area contributed by atoms with E-state index in [1.807, 2.05) is 0 Å². The minimum Gasteiger partial charge on any atom is -0.316 e. The molecule has 16 heavy (non-hydrogen) atoms. The summed E-state index contributed by atoms with van der Waals surface area (Å²) < 4.78 is 0. The van der Waals surface area contributed by atoms with Crippen molar-refractivity contribution < 1.29 is 0 Å². The molecule has 0 saturated heterocycles. The Morgan fingerprint density at radius 3 is 2.31 bits per heavy atom. The predicted molar refractivity (Wildman–Crippen MR) is 69.7 cm³/mol. The molecule has 88 valence electrons. The number of hydrogen-bond donors (Lipinski definition) is 1. The molecule has 0 amide bonds. The van der Waals surface area contributed by atoms with Gasteiger partial charge in [-0.3, -0.25) is 0 Å². The third-order valence-electron chi connectivity index (χ3n) is 4.27. The zero-order chi connectivity index (χ0) is 11.4. The van der Waals surface area contributed by atoms with E-state index in [0.717, 1.165) is 0 Å². The molecule has 1 atom stereocenters. The summed E-state index contributed by atoms with van der Waals surface area (Å²) in [6.45, 7) is 2.30. The lowest BCUT2D eigenvalue weighted by Gasteiger charge is -2.37. The third kappa shape index (κ3) is 1.89. The third-order valence-corrected chi connectivity index (χ3v) is 4.27. The second-order valence-electron chi connectivity index (χ2n) is 4.98. The molecule has 1 saturated carbocycles. The molecular formula is C15H23N. The van der Waals surface area contributed by atoms with Crippen LogP contribution in [0.5, 0.6) is 0 Å². The van der Waals surface area contributed by atoms with Gasteiger partial charge in [0.15, 0.2) is 0 Å². The predicted octanol–water partition coefficient (Wildman–Crippen LogP) is 3.50. The van der Waals surface area contributed by atoms with E-state index in [9.17, 15) is 0 Å². The average Bonchev–Trinajstić information content (AvgIpc) is 2.82. The van der Waals surface area contributed by atoms with Crippen LogP contribution < -0.4 is 5.32 Å². The van der Waals surface area contributed by atoms with E-state index >= 15 is 0 Å². The van der Waals surface area contributed by atoms with E-state index in [1.165, 1.54) is 37.7 Å². The molecule has 1 aliphatic carbocycles. The Labute approximate surface area is 99.3 Å². The smallest absolute Gasteiger partial charge is 0.0158 e. The second-order valence-corrected chi connectivity index (χ2v) is 4.98. The largest absolute Gasteiger partial charge is 0.316 e. The molecule has 0 bridgehead atoms. The Kier molecular flexibility index (Phi) is 3.65. The highest BCUT2D eigenvalue weighted by Gasteiger charge is 2.40. The topological polar surface area (TPSA) is 12.0 Å². The highest BCUT2D eigenvalue weighted by molar-refractivity contribution is 5.29. The van der Waals surface area contributed by atoms with Crippen molar-refractivity contribution in [2.24, 2.45) is 0 Å². The first-order valence-electron chi connectivity index (χ1n) is 6.56. The van der Waals surface area contributed by atoms with Crippen molar-refractivity contribution in [1.29, 1.82) is 0 Å². The summed E-state index contributed by atoms with van der Waals surface area (Å²) in [6.07, 6.45) is 6.66. The molecule has 0 spiro atoms. The summed E-state index contributed by atoms with van der Waals surface area (Å²) in [6, 6.07) is 11.7. The van der Waals surface area contributed by atoms with Crippen LogP contribution >= 0.6 is 0 Å². The van der Waals surface area contributed by atoms with Crippen molar-refractivity contribution in [3.8, 4) is 0 Å². The fourth-order valence-electron chi connectivity index (χ4n) is 3.49. The molecule has 0 aromatic heterocycles. The lowest BCUT2D eigenvalue weighted by Crippen LogP contribution is -2.45. The Morgan fingerprint density at radius 2 is 1.81 bits per heavy atom. The van der Waals surface area contributed by atoms with Crippen molar-refractivity contribution in [1.82, 2.24) is 5.32 Å². The molecule has 0 aliphatic heterocycles. The molecule has 1 aromatic rings. The molecular weight excluding hydrogens is 194 g/mol. The summed E-state index contributed by atoms with van der Waals surface area (Å²) in [4.78, 5) is 0. The molecule has 1 nitrogen and oxygen atoms in total. The van der Waals surface area contributed by atoms with Gasteiger partial charge in [0, 0.05) is 11.5 Å². The van der Waals surface area contributed by atoms with Gasteiger partial charge in [-0.2, -0.15) is 0 Å². The van der Waals surface area contributed by atoms with Gasteiger partial charge in [-0.15, -0.1) is 0 Å². The molecule has 1 N–H and O–H groups in total. The van der Waals surface area contributed by atoms with Crippen LogP contribution in [0.1, 0.15) is 44.6 Å². The van der Waals surface area contributed by atoms with Gasteiger partial charge in [0.25, 0.3) is 0 Å². The van der Waals surface area contributed by atoms with Crippen molar-refractivity contribution in [3.63, 3.8) is 0 Å². The van der Waals surface area contributed by atoms with Gasteiger partial charge in [0.1, 0.15) is 0 Å². The van der Waals surface area contributed by atoms with Crippen LogP contribution in [0.4, 0.5) is 0 Å². The van der Waals surface area contributed by atoms with Crippen LogP contribution in [0.2, 0.25) is 0 Å². The van der Waals surface area contributed by atoms with Gasteiger partial charge >= 0.3 is 0 Å². The van der Waals surface area contributed by atoms with E-state index < -0.39 is 0 Å². The van der Waals surface area contributed by atoms with Crippen LogP contribution in [0.25, 0.3) is 0 Å². The fraction of sp³-hybridized carbons (Fsp3) is 0.600. The van der Waals surface area contributed by atoms with Crippen molar-refractivity contribution in [2.75, 3.05) is 7.05 Å². The Morgan fingerprint density at radius 1 is 1.19 bits per heavy atom. The van der Waals surface area contributed by atoms with Gasteiger partial charge < -0.3 is 5.32 Å². The average molecular weight is 217 g/mol. The molecule has 1 heteroatoms. The Balaban J connectivity index is 2.35. The minimum absolute atomic E-state index is 0.394. The summed E-state index contributed by atoms with van der Waals surface area (Å²) in [7, 11) is 2.11. The second kappa shape index (κ2) is 5.01. The first-order chi connectivity index (χ1) is 7.83. The van der Waals surface area contributed by atoms with E-state index in [-0.39, 0.29) is 0 Å². The fourth-order valence-corrected chi connectivity index (χ4v) is 3.49. The monoisotopic (exact) mass is 217 g/mol. The highest BCUT2D eigenvalue weighted by Crippen LogP contribution is 2.44. The van der Waals surface area contributed by atoms with Crippen molar-refractivity contribution >= 4 is 0 Å². The van der Waals surface area contributed by atoms with Crippen LogP contribution in [0.15, 0.2) is 30.3 Å². The van der Waals surface area contributed by atoms with Gasteiger partial charge in [-0.05, 0) is 31.9 Å². The van der Waals surface area contributed by atoms with E-state index in [2.05, 4.69) is 49.6 Å². The van der Waals surface area contributed by atoms with Crippen LogP contribution in [-0.4, -0.2) is 13.1 Å². The zero-order valence-electron chi connectivity index (χ0n) is 10.5. The standard InChI is InChI=1S/C15H23N/c1-3-14(16-2)15(11-7-8-12-15)13-9-5-4-6-10-13/h4-6,9-10,14,16H,3,7-8,11-12H2,1-2H3. The number of likely N-dealkylation sites (N-methyl/N-ethyl adjacent to an activating group) is 1. The summed E-state index contributed by atoms with van der Waals surface area (Å²) >= 11 is 0. The lowest BCUT2D eigenvalue weighted by atomic mass is 9.72. The van der Waals surface area contributed by atoms with Crippen molar-refractivity contribution in [3.05, 3.63) is 35.9 Å². The normalized spacial score (nSPS) is 20.9. The number of rotatable bonds is 4. The maximum atomic E-state index is 3.53. The molecule has 1 fully saturated rings. The summed E-state index contributed by atoms with van der Waals surface area (Å²) in [5.74, 6) is 0. The Bertz CT molecular complexity index is 307. The van der Waals surface area contributed by atoms with E-state index in [1.54, 1.807) is 0 Å². The molecule has 0 radical (unpaired) electrons. The zero-order valence-corrected chi connectivity index (χ0v) is 10.5. The Hall–Kier alpha value is -0.820. The lowest BCUT2D eigenvalue weighted by molar-refractivity contribution is 0.302. The van der Waals surface area contributed by atoms with Gasteiger partial charge in [0.2, 0.25) is 0 Å². The molecule has 1 unspecified atom stereocenters. The quantitative estimate of drug-likeness (QED) is 0.814. The maximum Gasteiger partial charge on any atom is 0.0158 e. The van der Waals surface area contributed by atoms with Crippen LogP contribution in [-0.2, 0) is 5.41 Å². The van der Waals surface area contributed by atoms with Gasteiger partial charge in [-0.25, -0.2) is 0 Å². The van der Waals surface area contributed by atoms with Crippen molar-refractivity contribution in [2.45, 2.75) is 50.5 Å².